The van der Waals surface area contributed by atoms with Gasteiger partial charge in [0.05, 0.1) is 17.7 Å². The number of thiophene rings is 1. The molecule has 8 heteroatoms. The number of hydrogen-bond acceptors (Lipinski definition) is 6. The van der Waals surface area contributed by atoms with Crippen molar-refractivity contribution >= 4 is 34.8 Å². The number of methoxy groups -OCH3 is 2. The van der Waals surface area contributed by atoms with Crippen molar-refractivity contribution in [2.75, 3.05) is 38.8 Å². The van der Waals surface area contributed by atoms with Gasteiger partial charge in [0.2, 0.25) is 11.8 Å². The van der Waals surface area contributed by atoms with Crippen LogP contribution in [0.3, 0.4) is 0 Å². The first-order valence-corrected chi connectivity index (χ1v) is 13.7. The largest absolute Gasteiger partial charge is 0.465 e. The smallest absolute Gasteiger partial charge is 0.350 e. The molecule has 1 aromatic rings. The summed E-state index contributed by atoms with van der Waals surface area (Å²) < 4.78 is 10.1. The van der Waals surface area contributed by atoms with Crippen LogP contribution in [0, 0.1) is 29.1 Å². The summed E-state index contributed by atoms with van der Waals surface area (Å²) in [6.45, 7) is 9.50. The fourth-order valence-corrected chi connectivity index (χ4v) is 5.82. The monoisotopic (exact) mass is 516 g/mol. The third-order valence-electron chi connectivity index (χ3n) is 6.96. The molecule has 1 saturated carbocycles. The van der Waals surface area contributed by atoms with Crippen LogP contribution in [-0.2, 0) is 19.1 Å². The van der Waals surface area contributed by atoms with Gasteiger partial charge < -0.3 is 19.3 Å². The lowest BCUT2D eigenvalue weighted by atomic mass is 9.82. The summed E-state index contributed by atoms with van der Waals surface area (Å²) >= 11 is 1.28. The van der Waals surface area contributed by atoms with Crippen molar-refractivity contribution in [2.45, 2.75) is 72.3 Å². The van der Waals surface area contributed by atoms with Crippen molar-refractivity contribution in [3.05, 3.63) is 15.8 Å². The standard InChI is InChI=1S/C28H40N2O5S/c1-19-7-9-20(10-8-19)26(32)30(21-12-15-29(16-13-21)24(31)18-34-5)23-17-22(11-14-28(2,3)4)36-25(23)27(33)35-6/h17,19-21H,7-10,12-13,15-16,18H2,1-6H3/t19-,20-. The average molecular weight is 517 g/mol. The molecule has 1 saturated heterocycles. The van der Waals surface area contributed by atoms with Crippen LogP contribution in [0.25, 0.3) is 0 Å². The van der Waals surface area contributed by atoms with E-state index in [1.807, 2.05) is 31.7 Å². The first-order valence-electron chi connectivity index (χ1n) is 12.9. The number of carbonyl (C=O) groups is 3. The van der Waals surface area contributed by atoms with Crippen LogP contribution >= 0.6 is 11.3 Å². The highest BCUT2D eigenvalue weighted by Gasteiger charge is 2.38. The van der Waals surface area contributed by atoms with E-state index in [0.29, 0.717) is 42.4 Å². The van der Waals surface area contributed by atoms with Crippen LogP contribution in [0.1, 0.15) is 80.8 Å². The Morgan fingerprint density at radius 1 is 1.08 bits per heavy atom. The molecule has 3 rings (SSSR count). The van der Waals surface area contributed by atoms with Crippen molar-refractivity contribution < 1.29 is 23.9 Å². The molecule has 2 heterocycles. The van der Waals surface area contributed by atoms with Crippen molar-refractivity contribution in [1.82, 2.24) is 4.90 Å². The van der Waals surface area contributed by atoms with Gasteiger partial charge in [0.1, 0.15) is 11.5 Å². The summed E-state index contributed by atoms with van der Waals surface area (Å²) in [7, 11) is 2.88. The molecule has 2 aliphatic rings. The van der Waals surface area contributed by atoms with E-state index in [1.165, 1.54) is 25.6 Å². The van der Waals surface area contributed by atoms with Gasteiger partial charge in [-0.25, -0.2) is 4.79 Å². The zero-order chi connectivity index (χ0) is 26.5. The molecule has 0 N–H and O–H groups in total. The zero-order valence-corrected chi connectivity index (χ0v) is 23.3. The SMILES string of the molecule is COCC(=O)N1CCC(N(c2cc(C#CC(C)(C)C)sc2C(=O)OC)C(=O)[C@H]2CC[C@H](C)CC2)CC1. The second-order valence-corrected chi connectivity index (χ2v) is 12.1. The molecule has 0 unspecified atom stereocenters. The molecule has 0 aromatic carbocycles. The molecule has 0 radical (unpaired) electrons. The number of hydrogen-bond donors (Lipinski definition) is 0. The zero-order valence-electron chi connectivity index (χ0n) is 22.5. The summed E-state index contributed by atoms with van der Waals surface area (Å²) in [5, 5.41) is 0. The minimum atomic E-state index is -0.457. The summed E-state index contributed by atoms with van der Waals surface area (Å²) in [6, 6.07) is 1.77. The quantitative estimate of drug-likeness (QED) is 0.404. The van der Waals surface area contributed by atoms with Crippen LogP contribution in [0.5, 0.6) is 0 Å². The van der Waals surface area contributed by atoms with Crippen LogP contribution in [0.4, 0.5) is 5.69 Å². The van der Waals surface area contributed by atoms with E-state index >= 15 is 0 Å². The Hall–Kier alpha value is -2.37. The minimum absolute atomic E-state index is 0.0411. The second kappa shape index (κ2) is 12.2. The molecule has 0 spiro atoms. The maximum atomic E-state index is 14.1. The molecule has 1 aliphatic carbocycles. The fourth-order valence-electron chi connectivity index (χ4n) is 4.90. The summed E-state index contributed by atoms with van der Waals surface area (Å²) in [6.07, 6.45) is 5.06. The molecule has 2 fully saturated rings. The van der Waals surface area contributed by atoms with E-state index in [0.717, 1.165) is 30.6 Å². The van der Waals surface area contributed by atoms with Gasteiger partial charge in [-0.15, -0.1) is 11.3 Å². The lowest BCUT2D eigenvalue weighted by Crippen LogP contribution is -2.51. The highest BCUT2D eigenvalue weighted by atomic mass is 32.1. The van der Waals surface area contributed by atoms with E-state index in [-0.39, 0.29) is 35.8 Å². The number of rotatable bonds is 6. The first kappa shape index (κ1) is 28.2. The lowest BCUT2D eigenvalue weighted by Gasteiger charge is -2.40. The maximum absolute atomic E-state index is 14.1. The summed E-state index contributed by atoms with van der Waals surface area (Å²) in [5.74, 6) is 6.56. The second-order valence-electron chi connectivity index (χ2n) is 11.0. The number of piperidine rings is 1. The first-order chi connectivity index (χ1) is 17.0. The molecule has 198 valence electrons. The number of nitrogens with zero attached hydrogens (tertiary/aromatic N) is 2. The summed E-state index contributed by atoms with van der Waals surface area (Å²) in [4.78, 5) is 44.0. The van der Waals surface area contributed by atoms with Gasteiger partial charge >= 0.3 is 5.97 Å². The highest BCUT2D eigenvalue weighted by molar-refractivity contribution is 7.15. The number of carbonyl (C=O) groups excluding carboxylic acids is 3. The Morgan fingerprint density at radius 3 is 2.28 bits per heavy atom. The molecule has 1 aromatic heterocycles. The van der Waals surface area contributed by atoms with Crippen molar-refractivity contribution in [1.29, 1.82) is 0 Å². The topological polar surface area (TPSA) is 76.2 Å². The average Bonchev–Trinajstić information content (AvgIpc) is 3.27. The summed E-state index contributed by atoms with van der Waals surface area (Å²) in [5.41, 5.74) is 0.404. The van der Waals surface area contributed by atoms with Crippen molar-refractivity contribution in [3.63, 3.8) is 0 Å². The predicted octanol–water partition coefficient (Wildman–Crippen LogP) is 4.73. The van der Waals surface area contributed by atoms with Gasteiger partial charge in [0, 0.05) is 37.6 Å². The third kappa shape index (κ3) is 7.10. The molecule has 1 aliphatic heterocycles. The Morgan fingerprint density at radius 2 is 1.72 bits per heavy atom. The molecule has 0 bridgehead atoms. The number of likely N-dealkylation sites (tertiary alicyclic amines) is 1. The highest BCUT2D eigenvalue weighted by Crippen LogP contribution is 2.38. The van der Waals surface area contributed by atoms with Crippen LogP contribution in [0.15, 0.2) is 6.07 Å². The van der Waals surface area contributed by atoms with Crippen LogP contribution in [-0.4, -0.2) is 62.6 Å². The minimum Gasteiger partial charge on any atom is -0.465 e. The fraction of sp³-hybridized carbons (Fsp3) is 0.679. The molecule has 7 nitrogen and oxygen atoms in total. The maximum Gasteiger partial charge on any atom is 0.350 e. The lowest BCUT2D eigenvalue weighted by molar-refractivity contribution is -0.136. The van der Waals surface area contributed by atoms with Gasteiger partial charge in [0.25, 0.3) is 0 Å². The van der Waals surface area contributed by atoms with Gasteiger partial charge in [0.15, 0.2) is 0 Å². The van der Waals surface area contributed by atoms with E-state index in [9.17, 15) is 14.4 Å². The Kier molecular flexibility index (Phi) is 9.59. The Balaban J connectivity index is 1.98. The normalized spacial score (nSPS) is 20.9. The molecule has 36 heavy (non-hydrogen) atoms. The number of anilines is 1. The number of esters is 1. The molecule has 2 amide bonds. The van der Waals surface area contributed by atoms with Crippen LogP contribution < -0.4 is 4.90 Å². The molecular weight excluding hydrogens is 476 g/mol. The van der Waals surface area contributed by atoms with E-state index in [2.05, 4.69) is 18.8 Å². The predicted molar refractivity (Wildman–Crippen MR) is 142 cm³/mol. The van der Waals surface area contributed by atoms with Gasteiger partial charge in [-0.05, 0) is 71.3 Å². The van der Waals surface area contributed by atoms with Gasteiger partial charge in [-0.2, -0.15) is 0 Å². The van der Waals surface area contributed by atoms with Crippen molar-refractivity contribution in [3.8, 4) is 11.8 Å². The Bertz CT molecular complexity index is 999. The van der Waals surface area contributed by atoms with E-state index < -0.39 is 5.97 Å². The molecular formula is C28H40N2O5S. The van der Waals surface area contributed by atoms with E-state index in [4.69, 9.17) is 9.47 Å². The third-order valence-corrected chi connectivity index (χ3v) is 7.98. The van der Waals surface area contributed by atoms with Crippen LogP contribution in [0.2, 0.25) is 0 Å². The van der Waals surface area contributed by atoms with Gasteiger partial charge in [-0.3, -0.25) is 9.59 Å². The van der Waals surface area contributed by atoms with Gasteiger partial charge in [-0.1, -0.05) is 18.8 Å². The van der Waals surface area contributed by atoms with E-state index in [1.54, 1.807) is 4.90 Å². The van der Waals surface area contributed by atoms with Crippen molar-refractivity contribution in [2.24, 2.45) is 17.3 Å². The number of amides is 2. The number of ether oxygens (including phenoxy) is 2. The molecule has 0 atom stereocenters. The Labute approximate surface area is 219 Å².